The molecule has 0 aromatic heterocycles. The summed E-state index contributed by atoms with van der Waals surface area (Å²) in [5, 5.41) is 0. The lowest BCUT2D eigenvalue weighted by Crippen LogP contribution is -2.37. The minimum Gasteiger partial charge on any atom is -0.103 e. The molecule has 0 spiro atoms. The zero-order valence-electron chi connectivity index (χ0n) is 17.1. The molecular formula is C23H42BP. The van der Waals surface area contributed by atoms with E-state index < -0.39 is 0 Å². The highest BCUT2D eigenvalue weighted by atomic mass is 31.1. The summed E-state index contributed by atoms with van der Waals surface area (Å²) < 4.78 is 0. The first-order valence-electron chi connectivity index (χ1n) is 12.0. The maximum absolute atomic E-state index is 2.58. The van der Waals surface area contributed by atoms with Crippen LogP contribution in [0.4, 0.5) is 0 Å². The van der Waals surface area contributed by atoms with Crippen molar-refractivity contribution in [3.8, 4) is 0 Å². The lowest BCUT2D eigenvalue weighted by atomic mass is 9.26. The topological polar surface area (TPSA) is 0 Å². The third-order valence-electron chi connectivity index (χ3n) is 8.98. The summed E-state index contributed by atoms with van der Waals surface area (Å²) in [7, 11) is 0.370. The molecule has 4 bridgehead atoms. The van der Waals surface area contributed by atoms with Gasteiger partial charge in [-0.2, -0.15) is 0 Å². The molecule has 1 saturated carbocycles. The van der Waals surface area contributed by atoms with Gasteiger partial charge >= 0.3 is 0 Å². The molecule has 5 atom stereocenters. The van der Waals surface area contributed by atoms with Crippen molar-refractivity contribution in [2.24, 2.45) is 17.8 Å². The van der Waals surface area contributed by atoms with Gasteiger partial charge in [0.1, 0.15) is 6.71 Å². The second-order valence-electron chi connectivity index (χ2n) is 10.5. The Morgan fingerprint density at radius 2 is 1.52 bits per heavy atom. The lowest BCUT2D eigenvalue weighted by Gasteiger charge is -2.47. The van der Waals surface area contributed by atoms with Crippen LogP contribution >= 0.6 is 7.92 Å². The van der Waals surface area contributed by atoms with Gasteiger partial charge in [0, 0.05) is 0 Å². The second kappa shape index (κ2) is 8.67. The molecule has 4 fully saturated rings. The maximum atomic E-state index is 2.58. The predicted molar refractivity (Wildman–Crippen MR) is 116 cm³/mol. The summed E-state index contributed by atoms with van der Waals surface area (Å²) in [6, 6.07) is 0. The summed E-state index contributed by atoms with van der Waals surface area (Å²) in [4.78, 5) is 0. The molecule has 0 aromatic carbocycles. The van der Waals surface area contributed by atoms with E-state index in [-0.39, 0.29) is 0 Å². The highest BCUT2D eigenvalue weighted by molar-refractivity contribution is 7.58. The Balaban J connectivity index is 1.18. The summed E-state index contributed by atoms with van der Waals surface area (Å²) in [6.07, 6.45) is 23.6. The van der Waals surface area contributed by atoms with Gasteiger partial charge in [0.2, 0.25) is 0 Å². The van der Waals surface area contributed by atoms with Crippen molar-refractivity contribution in [3.05, 3.63) is 0 Å². The molecule has 0 amide bonds. The summed E-state index contributed by atoms with van der Waals surface area (Å²) in [5.41, 5.74) is 1.16. The van der Waals surface area contributed by atoms with Crippen LogP contribution in [0.5, 0.6) is 0 Å². The largest absolute Gasteiger partial charge is 0.146 e. The van der Waals surface area contributed by atoms with Gasteiger partial charge in [-0.05, 0) is 61.4 Å². The maximum Gasteiger partial charge on any atom is 0.146 e. The van der Waals surface area contributed by atoms with Crippen LogP contribution in [-0.4, -0.2) is 24.7 Å². The second-order valence-corrected chi connectivity index (χ2v) is 13.1. The van der Waals surface area contributed by atoms with Crippen molar-refractivity contribution < 1.29 is 0 Å². The van der Waals surface area contributed by atoms with Gasteiger partial charge in [-0.15, -0.1) is 7.92 Å². The average molecular weight is 360 g/mol. The Morgan fingerprint density at radius 1 is 0.800 bits per heavy atom. The molecule has 3 heterocycles. The van der Waals surface area contributed by atoms with Crippen LogP contribution in [0, 0.1) is 17.8 Å². The van der Waals surface area contributed by atoms with Crippen molar-refractivity contribution in [2.75, 3.05) is 12.3 Å². The van der Waals surface area contributed by atoms with E-state index in [1.165, 1.54) is 0 Å². The molecule has 25 heavy (non-hydrogen) atoms. The van der Waals surface area contributed by atoms with Gasteiger partial charge in [0.15, 0.2) is 0 Å². The van der Waals surface area contributed by atoms with Crippen molar-refractivity contribution in [3.63, 3.8) is 0 Å². The average Bonchev–Trinajstić information content (AvgIpc) is 2.60. The molecule has 2 heteroatoms. The molecule has 4 aliphatic rings. The van der Waals surface area contributed by atoms with Crippen LogP contribution in [0.1, 0.15) is 90.9 Å². The summed E-state index contributed by atoms with van der Waals surface area (Å²) >= 11 is 0. The molecule has 0 nitrogen and oxygen atoms in total. The normalized spacial score (nSPS) is 43.9. The van der Waals surface area contributed by atoms with E-state index in [0.29, 0.717) is 7.92 Å². The number of unbranched alkanes of at least 4 members (excludes halogenated alkanes) is 2. The fourth-order valence-electron chi connectivity index (χ4n) is 7.42. The lowest BCUT2D eigenvalue weighted by molar-refractivity contribution is 0.226. The van der Waals surface area contributed by atoms with E-state index in [0.717, 1.165) is 41.8 Å². The molecule has 4 unspecified atom stereocenters. The van der Waals surface area contributed by atoms with E-state index in [1.807, 2.05) is 0 Å². The van der Waals surface area contributed by atoms with Crippen LogP contribution < -0.4 is 0 Å². The van der Waals surface area contributed by atoms with Crippen LogP contribution in [-0.2, 0) is 0 Å². The Hall–Kier alpha value is 0.495. The fraction of sp³-hybridized carbons (Fsp3) is 1.00. The molecule has 4 rings (SSSR count). The standard InChI is InChI=1S/C23H42BP/c1-18-12-13-20-16-23(18)25(17-19(20)2)15-5-3-4-14-24-21-8-6-9-22(24)11-7-10-21/h18-23H,3-17H2,1-2H3/t18?,19?,20?,21?,22?,23-,25?/m0/s1. The quantitative estimate of drug-likeness (QED) is 0.259. The minimum atomic E-state index is 0.370. The fourth-order valence-corrected chi connectivity index (χ4v) is 11.3. The predicted octanol–water partition coefficient (Wildman–Crippen LogP) is 7.70. The minimum absolute atomic E-state index is 0.370. The molecular weight excluding hydrogens is 318 g/mol. The van der Waals surface area contributed by atoms with Crippen molar-refractivity contribution >= 4 is 14.6 Å². The molecule has 142 valence electrons. The first-order valence-corrected chi connectivity index (χ1v) is 13.7. The number of hydrogen-bond donors (Lipinski definition) is 0. The third kappa shape index (κ3) is 4.33. The molecule has 3 aliphatic heterocycles. The zero-order valence-corrected chi connectivity index (χ0v) is 18.0. The van der Waals surface area contributed by atoms with E-state index in [9.17, 15) is 0 Å². The monoisotopic (exact) mass is 360 g/mol. The van der Waals surface area contributed by atoms with E-state index in [2.05, 4.69) is 13.8 Å². The van der Waals surface area contributed by atoms with Gasteiger partial charge < -0.3 is 0 Å². The zero-order chi connectivity index (χ0) is 17.2. The smallest absolute Gasteiger partial charge is 0.103 e. The number of fused-ring (bicyclic) bond motifs is 4. The molecule has 3 saturated heterocycles. The SMILES string of the molecule is CC1CP(CCCCCB2C3CCCC2CCC3)[C@H]2CC1CCC2C. The third-order valence-corrected chi connectivity index (χ3v) is 12.6. The van der Waals surface area contributed by atoms with Gasteiger partial charge in [-0.1, -0.05) is 83.2 Å². The van der Waals surface area contributed by atoms with Crippen molar-refractivity contribution in [1.29, 1.82) is 0 Å². The molecule has 0 radical (unpaired) electrons. The molecule has 0 aromatic rings. The van der Waals surface area contributed by atoms with Gasteiger partial charge in [-0.25, -0.2) is 0 Å². The summed E-state index contributed by atoms with van der Waals surface area (Å²) in [5.74, 6) is 5.48. The Labute approximate surface area is 159 Å². The number of hydrogen-bond acceptors (Lipinski definition) is 0. The van der Waals surface area contributed by atoms with Crippen LogP contribution in [0.25, 0.3) is 0 Å². The van der Waals surface area contributed by atoms with Crippen LogP contribution in [0.3, 0.4) is 0 Å². The van der Waals surface area contributed by atoms with Crippen molar-refractivity contribution in [2.45, 2.75) is 115 Å². The Kier molecular flexibility index (Phi) is 6.53. The van der Waals surface area contributed by atoms with Gasteiger partial charge in [-0.3, -0.25) is 0 Å². The molecule has 0 N–H and O–H groups in total. The highest BCUT2D eigenvalue weighted by Crippen LogP contribution is 2.58. The van der Waals surface area contributed by atoms with E-state index >= 15 is 0 Å². The van der Waals surface area contributed by atoms with Gasteiger partial charge in [0.05, 0.1) is 0 Å². The van der Waals surface area contributed by atoms with Crippen LogP contribution in [0.15, 0.2) is 0 Å². The summed E-state index contributed by atoms with van der Waals surface area (Å²) in [6.45, 7) is 6.30. The van der Waals surface area contributed by atoms with Gasteiger partial charge in [0.25, 0.3) is 0 Å². The van der Waals surface area contributed by atoms with Crippen LogP contribution in [0.2, 0.25) is 18.0 Å². The Morgan fingerprint density at radius 3 is 2.24 bits per heavy atom. The highest BCUT2D eigenvalue weighted by Gasteiger charge is 2.40. The molecule has 1 aliphatic carbocycles. The van der Waals surface area contributed by atoms with E-state index in [4.69, 9.17) is 0 Å². The first-order chi connectivity index (χ1) is 12.2. The van der Waals surface area contributed by atoms with E-state index in [1.54, 1.807) is 95.7 Å². The first kappa shape index (κ1) is 18.8. The number of rotatable bonds is 6. The van der Waals surface area contributed by atoms with Crippen molar-refractivity contribution in [1.82, 2.24) is 0 Å². The Bertz CT molecular complexity index is 402.